The van der Waals surface area contributed by atoms with Gasteiger partial charge in [-0.1, -0.05) is 0 Å². The summed E-state index contributed by atoms with van der Waals surface area (Å²) in [7, 11) is 0. The van der Waals surface area contributed by atoms with Crippen molar-refractivity contribution in [3.8, 4) is 0 Å². The highest BCUT2D eigenvalue weighted by molar-refractivity contribution is 5.96. The molecule has 1 aromatic rings. The zero-order valence-electron chi connectivity index (χ0n) is 16.1. The number of carbonyl (C=O) groups is 3. The van der Waals surface area contributed by atoms with E-state index in [0.29, 0.717) is 25.5 Å². The zero-order chi connectivity index (χ0) is 21.3. The van der Waals surface area contributed by atoms with Crippen molar-refractivity contribution in [2.75, 3.05) is 25.0 Å². The molecule has 0 spiro atoms. The largest absolute Gasteiger partial charge is 0.355 e. The van der Waals surface area contributed by atoms with Crippen LogP contribution in [0.3, 0.4) is 0 Å². The van der Waals surface area contributed by atoms with Crippen molar-refractivity contribution in [2.45, 2.75) is 32.1 Å². The molecule has 0 unspecified atom stereocenters. The molecule has 0 aliphatic heterocycles. The molecular weight excluding hydrogens is 380 g/mol. The molecule has 0 saturated carbocycles. The van der Waals surface area contributed by atoms with E-state index in [4.69, 9.17) is 11.7 Å². The first-order chi connectivity index (χ1) is 14.0. The Morgan fingerprint density at radius 2 is 1.62 bits per heavy atom. The van der Waals surface area contributed by atoms with E-state index in [1.807, 2.05) is 0 Å². The first kappa shape index (κ1) is 23.6. The van der Waals surface area contributed by atoms with Gasteiger partial charge >= 0.3 is 0 Å². The van der Waals surface area contributed by atoms with Crippen LogP contribution in [0, 0.1) is 0 Å². The summed E-state index contributed by atoms with van der Waals surface area (Å²) in [5, 5.41) is 13.8. The molecule has 1 heterocycles. The van der Waals surface area contributed by atoms with Crippen LogP contribution in [0.2, 0.25) is 0 Å². The van der Waals surface area contributed by atoms with E-state index in [-0.39, 0.29) is 43.1 Å². The van der Waals surface area contributed by atoms with Gasteiger partial charge in [0.1, 0.15) is 0 Å². The molecule has 0 aliphatic rings. The number of unbranched alkanes of at least 4 members (excludes halogenated alkanes) is 1. The molecule has 9 N–H and O–H groups in total. The minimum atomic E-state index is -0.383. The van der Waals surface area contributed by atoms with Gasteiger partial charge in [0.05, 0.1) is 6.54 Å². The molecule has 0 radical (unpaired) electrons. The smallest absolute Gasteiger partial charge is 0.239 e. The van der Waals surface area contributed by atoms with Crippen LogP contribution < -0.4 is 38.4 Å². The van der Waals surface area contributed by atoms with Gasteiger partial charge in [0.15, 0.2) is 0 Å². The third kappa shape index (κ3) is 11.8. The number of nitrogens with zero attached hydrogens (tertiary/aromatic N) is 3. The lowest BCUT2D eigenvalue weighted by Gasteiger charge is -2.08. The van der Waals surface area contributed by atoms with E-state index in [9.17, 15) is 14.4 Å². The van der Waals surface area contributed by atoms with Gasteiger partial charge in [-0.15, -0.1) is 5.10 Å². The molecular formula is C16H28N10O3. The van der Waals surface area contributed by atoms with Gasteiger partial charge in [-0.05, 0) is 25.3 Å². The number of hydrogen-bond acceptors (Lipinski definition) is 9. The molecule has 1 aromatic heterocycles. The predicted molar refractivity (Wildman–Crippen MR) is 107 cm³/mol. The summed E-state index contributed by atoms with van der Waals surface area (Å²) in [6.07, 6.45) is 5.43. The number of hydrogen-bond donors (Lipinski definition) is 7. The predicted octanol–water partition coefficient (Wildman–Crippen LogP) is -2.12. The Kier molecular flexibility index (Phi) is 11.8. The summed E-state index contributed by atoms with van der Waals surface area (Å²) in [6, 6.07) is 1.74. The van der Waals surface area contributed by atoms with Crippen LogP contribution in [0.25, 0.3) is 0 Å². The quantitative estimate of drug-likeness (QED) is 0.0663. The number of aromatic nitrogens is 2. The third-order valence-corrected chi connectivity index (χ3v) is 3.55. The lowest BCUT2D eigenvalue weighted by molar-refractivity contribution is -0.126. The maximum Gasteiger partial charge on any atom is 0.239 e. The Labute approximate surface area is 168 Å². The molecule has 160 valence electrons. The standard InChI is InChI=1S/C16H28N10O3/c17-25-16(26-18)24-13(28)6-3-5-12(27)23-11-14(29)19-7-1-2-8-20-15-21-9-4-10-22-15/h4,9-10H,1-3,5-8,11,17-18H2,(H,19,29)(H,23,27)(H,20,21,22)(H2,24,25,26,28). The molecule has 0 bridgehead atoms. The number of amides is 3. The van der Waals surface area contributed by atoms with Gasteiger partial charge < -0.3 is 21.8 Å². The van der Waals surface area contributed by atoms with Crippen molar-refractivity contribution in [2.24, 2.45) is 16.8 Å². The van der Waals surface area contributed by atoms with Gasteiger partial charge in [0, 0.05) is 38.3 Å². The highest BCUT2D eigenvalue weighted by Crippen LogP contribution is 1.96. The number of nitrogens with two attached hydrogens (primary N) is 2. The van der Waals surface area contributed by atoms with E-state index < -0.39 is 0 Å². The maximum atomic E-state index is 11.7. The maximum absolute atomic E-state index is 11.7. The van der Waals surface area contributed by atoms with Crippen molar-refractivity contribution in [1.82, 2.24) is 31.3 Å². The number of nitrogens with one attached hydrogen (secondary N) is 5. The number of hydrazone groups is 1. The van der Waals surface area contributed by atoms with Crippen LogP contribution in [-0.2, 0) is 14.4 Å². The summed E-state index contributed by atoms with van der Waals surface area (Å²) >= 11 is 0. The Morgan fingerprint density at radius 3 is 2.31 bits per heavy atom. The first-order valence-corrected chi connectivity index (χ1v) is 9.13. The normalized spacial score (nSPS) is 10.7. The van der Waals surface area contributed by atoms with Crippen molar-refractivity contribution in [3.05, 3.63) is 18.5 Å². The van der Waals surface area contributed by atoms with E-state index >= 15 is 0 Å². The Balaban J connectivity index is 2.00. The second kappa shape index (κ2) is 14.6. The molecule has 3 amide bonds. The monoisotopic (exact) mass is 408 g/mol. The lowest BCUT2D eigenvalue weighted by Crippen LogP contribution is -2.45. The number of carbonyl (C=O) groups excluding carboxylic acids is 3. The molecule has 13 heteroatoms. The topological polar surface area (TPSA) is 202 Å². The average molecular weight is 408 g/mol. The zero-order valence-corrected chi connectivity index (χ0v) is 16.1. The molecule has 1 rings (SSSR count). The van der Waals surface area contributed by atoms with Crippen LogP contribution >= 0.6 is 0 Å². The first-order valence-electron chi connectivity index (χ1n) is 9.13. The summed E-state index contributed by atoms with van der Waals surface area (Å²) < 4.78 is 0. The van der Waals surface area contributed by atoms with Crippen LogP contribution in [0.15, 0.2) is 23.6 Å². The second-order valence-electron chi connectivity index (χ2n) is 5.86. The summed E-state index contributed by atoms with van der Waals surface area (Å²) in [5.74, 6) is 9.59. The van der Waals surface area contributed by atoms with Gasteiger partial charge in [-0.25, -0.2) is 15.8 Å². The Morgan fingerprint density at radius 1 is 0.931 bits per heavy atom. The fourth-order valence-corrected chi connectivity index (χ4v) is 2.11. The molecule has 13 nitrogen and oxygen atoms in total. The van der Waals surface area contributed by atoms with E-state index in [1.54, 1.807) is 18.5 Å². The molecule has 29 heavy (non-hydrogen) atoms. The van der Waals surface area contributed by atoms with Gasteiger partial charge in [0.2, 0.25) is 29.6 Å². The van der Waals surface area contributed by atoms with Crippen molar-refractivity contribution >= 4 is 29.6 Å². The summed E-state index contributed by atoms with van der Waals surface area (Å²) in [6.45, 7) is 1.10. The second-order valence-corrected chi connectivity index (χ2v) is 5.86. The molecule has 0 saturated heterocycles. The van der Waals surface area contributed by atoms with E-state index in [2.05, 4.69) is 41.8 Å². The highest BCUT2D eigenvalue weighted by Gasteiger charge is 2.08. The average Bonchev–Trinajstić information content (AvgIpc) is 2.73. The van der Waals surface area contributed by atoms with Crippen LogP contribution in [0.4, 0.5) is 5.95 Å². The number of hydrazine groups is 1. The lowest BCUT2D eigenvalue weighted by atomic mass is 10.2. The minimum absolute atomic E-state index is 0.0692. The third-order valence-electron chi connectivity index (χ3n) is 3.55. The number of rotatable bonds is 12. The minimum Gasteiger partial charge on any atom is -0.355 e. The molecule has 0 atom stereocenters. The fraction of sp³-hybridized carbons (Fsp3) is 0.500. The van der Waals surface area contributed by atoms with Gasteiger partial charge in [-0.2, -0.15) is 0 Å². The highest BCUT2D eigenvalue weighted by atomic mass is 16.2. The van der Waals surface area contributed by atoms with Gasteiger partial charge in [-0.3, -0.25) is 25.1 Å². The summed E-state index contributed by atoms with van der Waals surface area (Å²) in [4.78, 5) is 43.0. The summed E-state index contributed by atoms with van der Waals surface area (Å²) in [5.41, 5.74) is 2.11. The van der Waals surface area contributed by atoms with Crippen molar-refractivity contribution in [3.63, 3.8) is 0 Å². The van der Waals surface area contributed by atoms with E-state index in [1.165, 1.54) is 0 Å². The van der Waals surface area contributed by atoms with Gasteiger partial charge in [0.25, 0.3) is 0 Å². The Hall–Kier alpha value is -3.48. The SMILES string of the molecule is N/N=C(\NN)NC(=O)CCCC(=O)NCC(=O)NCCCCNc1ncccn1. The van der Waals surface area contributed by atoms with Crippen LogP contribution in [-0.4, -0.2) is 53.3 Å². The van der Waals surface area contributed by atoms with E-state index in [0.717, 1.165) is 12.8 Å². The number of guanidine groups is 1. The fourth-order valence-electron chi connectivity index (χ4n) is 2.11. The molecule has 0 aromatic carbocycles. The Bertz CT molecular complexity index is 668. The number of anilines is 1. The molecule has 0 aliphatic carbocycles. The van der Waals surface area contributed by atoms with Crippen molar-refractivity contribution in [1.29, 1.82) is 0 Å². The molecule has 0 fully saturated rings. The van der Waals surface area contributed by atoms with Crippen LogP contribution in [0.5, 0.6) is 0 Å². The van der Waals surface area contributed by atoms with Crippen molar-refractivity contribution < 1.29 is 14.4 Å². The van der Waals surface area contributed by atoms with Crippen LogP contribution in [0.1, 0.15) is 32.1 Å².